The van der Waals surface area contributed by atoms with Crippen molar-refractivity contribution < 1.29 is 4.52 Å². The van der Waals surface area contributed by atoms with Gasteiger partial charge in [-0.2, -0.15) is 4.98 Å². The van der Waals surface area contributed by atoms with E-state index in [0.717, 1.165) is 11.1 Å². The standard InChI is InChI=1S/C10H11N3O/c1-7-12-10(14-13-7)9-4-2-8(6-11)3-5-9/h2-5H,6,11H2,1H3. The lowest BCUT2D eigenvalue weighted by Crippen LogP contribution is -1.95. The molecule has 0 aliphatic heterocycles. The Labute approximate surface area is 81.7 Å². The van der Waals surface area contributed by atoms with Crippen molar-refractivity contribution in [3.05, 3.63) is 35.7 Å². The third kappa shape index (κ3) is 1.65. The van der Waals surface area contributed by atoms with Crippen molar-refractivity contribution in [3.8, 4) is 11.5 Å². The van der Waals surface area contributed by atoms with Gasteiger partial charge in [0.2, 0.25) is 0 Å². The number of hydrogen-bond acceptors (Lipinski definition) is 4. The molecule has 0 amide bonds. The van der Waals surface area contributed by atoms with Crippen molar-refractivity contribution in [3.63, 3.8) is 0 Å². The van der Waals surface area contributed by atoms with E-state index >= 15 is 0 Å². The van der Waals surface area contributed by atoms with Crippen LogP contribution in [-0.2, 0) is 6.54 Å². The van der Waals surface area contributed by atoms with Gasteiger partial charge in [0.15, 0.2) is 5.82 Å². The van der Waals surface area contributed by atoms with E-state index in [4.69, 9.17) is 10.3 Å². The van der Waals surface area contributed by atoms with Crippen LogP contribution < -0.4 is 5.73 Å². The van der Waals surface area contributed by atoms with Gasteiger partial charge in [0.25, 0.3) is 5.89 Å². The number of aromatic nitrogens is 2. The molecule has 0 aliphatic rings. The molecule has 14 heavy (non-hydrogen) atoms. The minimum Gasteiger partial charge on any atom is -0.334 e. The molecule has 0 atom stereocenters. The van der Waals surface area contributed by atoms with E-state index in [2.05, 4.69) is 10.1 Å². The molecule has 4 nitrogen and oxygen atoms in total. The topological polar surface area (TPSA) is 64.9 Å². The molecule has 0 spiro atoms. The highest BCUT2D eigenvalue weighted by Gasteiger charge is 2.04. The van der Waals surface area contributed by atoms with Crippen molar-refractivity contribution in [2.24, 2.45) is 5.73 Å². The zero-order valence-corrected chi connectivity index (χ0v) is 7.90. The van der Waals surface area contributed by atoms with Crippen LogP contribution in [-0.4, -0.2) is 10.1 Å². The van der Waals surface area contributed by atoms with Crippen molar-refractivity contribution in [1.82, 2.24) is 10.1 Å². The fourth-order valence-corrected chi connectivity index (χ4v) is 1.20. The number of nitrogens with two attached hydrogens (primary N) is 1. The Bertz CT molecular complexity index is 419. The Kier molecular flexibility index (Phi) is 2.28. The lowest BCUT2D eigenvalue weighted by Gasteiger charge is -1.96. The Hall–Kier alpha value is -1.68. The first kappa shape index (κ1) is 8.90. The molecular formula is C10H11N3O. The number of hydrogen-bond donors (Lipinski definition) is 1. The highest BCUT2D eigenvalue weighted by Crippen LogP contribution is 2.17. The fourth-order valence-electron chi connectivity index (χ4n) is 1.20. The molecule has 1 heterocycles. The van der Waals surface area contributed by atoms with Gasteiger partial charge in [-0.1, -0.05) is 17.3 Å². The molecule has 0 saturated heterocycles. The molecule has 0 fully saturated rings. The quantitative estimate of drug-likeness (QED) is 0.777. The molecule has 0 unspecified atom stereocenters. The fraction of sp³-hybridized carbons (Fsp3) is 0.200. The van der Waals surface area contributed by atoms with Gasteiger partial charge < -0.3 is 10.3 Å². The van der Waals surface area contributed by atoms with Gasteiger partial charge in [-0.15, -0.1) is 0 Å². The van der Waals surface area contributed by atoms with Gasteiger partial charge in [0, 0.05) is 12.1 Å². The third-order valence-corrected chi connectivity index (χ3v) is 1.96. The molecule has 4 heteroatoms. The van der Waals surface area contributed by atoms with Gasteiger partial charge in [0.1, 0.15) is 0 Å². The molecule has 1 aromatic carbocycles. The zero-order valence-electron chi connectivity index (χ0n) is 7.90. The summed E-state index contributed by atoms with van der Waals surface area (Å²) in [5.74, 6) is 1.19. The van der Waals surface area contributed by atoms with E-state index in [1.54, 1.807) is 6.92 Å². The summed E-state index contributed by atoms with van der Waals surface area (Å²) in [5.41, 5.74) is 7.50. The predicted octanol–water partition coefficient (Wildman–Crippen LogP) is 1.50. The van der Waals surface area contributed by atoms with Crippen LogP contribution in [0.15, 0.2) is 28.8 Å². The van der Waals surface area contributed by atoms with E-state index in [1.165, 1.54) is 0 Å². The summed E-state index contributed by atoms with van der Waals surface area (Å²) in [4.78, 5) is 4.13. The molecule has 0 radical (unpaired) electrons. The van der Waals surface area contributed by atoms with Gasteiger partial charge >= 0.3 is 0 Å². The number of benzene rings is 1. The lowest BCUT2D eigenvalue weighted by molar-refractivity contribution is 0.425. The minimum atomic E-state index is 0.545. The van der Waals surface area contributed by atoms with E-state index in [-0.39, 0.29) is 0 Å². The maximum atomic E-state index is 5.49. The van der Waals surface area contributed by atoms with Gasteiger partial charge in [-0.05, 0) is 24.6 Å². The minimum absolute atomic E-state index is 0.545. The number of nitrogens with zero attached hydrogens (tertiary/aromatic N) is 2. The van der Waals surface area contributed by atoms with E-state index < -0.39 is 0 Å². The lowest BCUT2D eigenvalue weighted by atomic mass is 10.1. The second-order valence-corrected chi connectivity index (χ2v) is 3.05. The van der Waals surface area contributed by atoms with E-state index in [9.17, 15) is 0 Å². The SMILES string of the molecule is Cc1noc(-c2ccc(CN)cc2)n1. The van der Waals surface area contributed by atoms with E-state index in [0.29, 0.717) is 18.3 Å². The van der Waals surface area contributed by atoms with Crippen LogP contribution in [0.4, 0.5) is 0 Å². The molecule has 0 saturated carbocycles. The summed E-state index contributed by atoms with van der Waals surface area (Å²) in [5, 5.41) is 3.72. The Morgan fingerprint density at radius 2 is 2.00 bits per heavy atom. The Morgan fingerprint density at radius 3 is 2.50 bits per heavy atom. The van der Waals surface area contributed by atoms with Crippen molar-refractivity contribution in [1.29, 1.82) is 0 Å². The van der Waals surface area contributed by atoms with Crippen LogP contribution >= 0.6 is 0 Å². The van der Waals surface area contributed by atoms with E-state index in [1.807, 2.05) is 24.3 Å². The zero-order chi connectivity index (χ0) is 9.97. The average molecular weight is 189 g/mol. The molecule has 2 aromatic rings. The predicted molar refractivity (Wildman–Crippen MR) is 52.4 cm³/mol. The second-order valence-electron chi connectivity index (χ2n) is 3.05. The van der Waals surface area contributed by atoms with Crippen molar-refractivity contribution >= 4 is 0 Å². The molecule has 72 valence electrons. The van der Waals surface area contributed by atoms with Crippen LogP contribution in [0.25, 0.3) is 11.5 Å². The summed E-state index contributed by atoms with van der Waals surface area (Å²) in [6.07, 6.45) is 0. The monoisotopic (exact) mass is 189 g/mol. The molecule has 2 rings (SSSR count). The van der Waals surface area contributed by atoms with Crippen molar-refractivity contribution in [2.75, 3.05) is 0 Å². The average Bonchev–Trinajstić information content (AvgIpc) is 2.65. The van der Waals surface area contributed by atoms with Gasteiger partial charge in [-0.3, -0.25) is 0 Å². The van der Waals surface area contributed by atoms with Crippen molar-refractivity contribution in [2.45, 2.75) is 13.5 Å². The normalized spacial score (nSPS) is 10.4. The molecular weight excluding hydrogens is 178 g/mol. The smallest absolute Gasteiger partial charge is 0.257 e. The summed E-state index contributed by atoms with van der Waals surface area (Å²) in [6.45, 7) is 2.34. The number of rotatable bonds is 2. The van der Waals surface area contributed by atoms with Crippen LogP contribution in [0.2, 0.25) is 0 Å². The highest BCUT2D eigenvalue weighted by atomic mass is 16.5. The van der Waals surface area contributed by atoms with Crippen LogP contribution in [0.1, 0.15) is 11.4 Å². The molecule has 0 aliphatic carbocycles. The first-order valence-corrected chi connectivity index (χ1v) is 4.39. The second kappa shape index (κ2) is 3.59. The Balaban J connectivity index is 2.33. The first-order chi connectivity index (χ1) is 6.79. The third-order valence-electron chi connectivity index (χ3n) is 1.96. The summed E-state index contributed by atoms with van der Waals surface area (Å²) >= 11 is 0. The maximum absolute atomic E-state index is 5.49. The van der Waals surface area contributed by atoms with Gasteiger partial charge in [0.05, 0.1) is 0 Å². The first-order valence-electron chi connectivity index (χ1n) is 4.39. The summed E-state index contributed by atoms with van der Waals surface area (Å²) < 4.78 is 5.03. The molecule has 1 aromatic heterocycles. The largest absolute Gasteiger partial charge is 0.334 e. The molecule has 2 N–H and O–H groups in total. The maximum Gasteiger partial charge on any atom is 0.257 e. The van der Waals surface area contributed by atoms with Crippen LogP contribution in [0.3, 0.4) is 0 Å². The summed E-state index contributed by atoms with van der Waals surface area (Å²) in [7, 11) is 0. The highest BCUT2D eigenvalue weighted by molar-refractivity contribution is 5.53. The van der Waals surface area contributed by atoms with Gasteiger partial charge in [-0.25, -0.2) is 0 Å². The van der Waals surface area contributed by atoms with Crippen LogP contribution in [0, 0.1) is 6.92 Å². The molecule has 0 bridgehead atoms. The van der Waals surface area contributed by atoms with Crippen LogP contribution in [0.5, 0.6) is 0 Å². The Morgan fingerprint density at radius 1 is 1.29 bits per heavy atom. The summed E-state index contributed by atoms with van der Waals surface area (Å²) in [6, 6.07) is 7.76. The number of aryl methyl sites for hydroxylation is 1.